The van der Waals surface area contributed by atoms with Gasteiger partial charge in [0.25, 0.3) is 0 Å². The molecule has 0 aromatic heterocycles. The lowest BCUT2D eigenvalue weighted by molar-refractivity contribution is -0.376. The van der Waals surface area contributed by atoms with Crippen LogP contribution in [-0.4, -0.2) is 115 Å². The van der Waals surface area contributed by atoms with Gasteiger partial charge in [-0.15, -0.1) is 0 Å². The van der Waals surface area contributed by atoms with E-state index in [0.717, 1.165) is 0 Å². The molecule has 0 saturated carbocycles. The normalized spacial score (nSPS) is 51.7. The topological polar surface area (TPSA) is 190 Å². The van der Waals surface area contributed by atoms with Crippen LogP contribution in [0.3, 0.4) is 0 Å². The molecule has 23 heavy (non-hydrogen) atoms. The van der Waals surface area contributed by atoms with E-state index in [1.165, 1.54) is 0 Å². The molecule has 8 N–H and O–H groups in total. The van der Waals surface area contributed by atoms with Gasteiger partial charge in [0.1, 0.15) is 48.8 Å². The number of hydrogen-bond donors (Lipinski definition) is 8. The minimum atomic E-state index is -1.72. The third-order valence-electron chi connectivity index (χ3n) is 3.97. The molecule has 2 saturated heterocycles. The second-order valence-corrected chi connectivity index (χ2v) is 5.53. The van der Waals surface area contributed by atoms with Crippen molar-refractivity contribution in [2.45, 2.75) is 61.4 Å². The van der Waals surface area contributed by atoms with Gasteiger partial charge in [0.05, 0.1) is 13.2 Å². The highest BCUT2D eigenvalue weighted by Gasteiger charge is 2.49. The molecule has 0 spiro atoms. The monoisotopic (exact) mass is 342 g/mol. The lowest BCUT2D eigenvalue weighted by Crippen LogP contribution is -2.63. The van der Waals surface area contributed by atoms with Gasteiger partial charge in [-0.05, 0) is 0 Å². The van der Waals surface area contributed by atoms with Crippen LogP contribution in [0.5, 0.6) is 0 Å². The first-order chi connectivity index (χ1) is 10.8. The fraction of sp³-hybridized carbons (Fsp3) is 1.00. The fourth-order valence-corrected chi connectivity index (χ4v) is 2.49. The van der Waals surface area contributed by atoms with Gasteiger partial charge >= 0.3 is 0 Å². The molecule has 2 heterocycles. The third-order valence-corrected chi connectivity index (χ3v) is 3.97. The lowest BCUT2D eigenvalue weighted by atomic mass is 9.98. The maximum atomic E-state index is 9.84. The Morgan fingerprint density at radius 3 is 1.22 bits per heavy atom. The molecule has 0 aliphatic carbocycles. The zero-order chi connectivity index (χ0) is 17.3. The van der Waals surface area contributed by atoms with E-state index >= 15 is 0 Å². The molecule has 2 fully saturated rings. The molecule has 2 aliphatic rings. The van der Waals surface area contributed by atoms with Gasteiger partial charge in [0.15, 0.2) is 12.6 Å². The maximum absolute atomic E-state index is 9.84. The van der Waals surface area contributed by atoms with Gasteiger partial charge in [0, 0.05) is 0 Å². The Balaban J connectivity index is 2.07. The van der Waals surface area contributed by atoms with Crippen molar-refractivity contribution in [2.75, 3.05) is 13.2 Å². The summed E-state index contributed by atoms with van der Waals surface area (Å²) in [6, 6.07) is 0. The Bertz CT molecular complexity index is 344. The lowest BCUT2D eigenvalue weighted by Gasteiger charge is -2.44. The highest BCUT2D eigenvalue weighted by molar-refractivity contribution is 4.92. The average Bonchev–Trinajstić information content (AvgIpc) is 2.55. The van der Waals surface area contributed by atoms with Crippen LogP contribution in [0.15, 0.2) is 0 Å². The molecule has 1 unspecified atom stereocenters. The zero-order valence-electron chi connectivity index (χ0n) is 12.0. The summed E-state index contributed by atoms with van der Waals surface area (Å²) in [6.07, 6.45) is -15.6. The van der Waals surface area contributed by atoms with Crippen LogP contribution in [0.25, 0.3) is 0 Å². The van der Waals surface area contributed by atoms with Crippen LogP contribution in [0.1, 0.15) is 0 Å². The number of rotatable bonds is 4. The maximum Gasteiger partial charge on any atom is 0.189 e. The molecule has 0 aromatic carbocycles. The molecule has 0 radical (unpaired) electrons. The number of aliphatic hydroxyl groups excluding tert-OH is 8. The Hall–Kier alpha value is -0.440. The smallest absolute Gasteiger partial charge is 0.189 e. The van der Waals surface area contributed by atoms with Crippen molar-refractivity contribution in [1.82, 2.24) is 0 Å². The predicted octanol–water partition coefficient (Wildman–Crippen LogP) is -5.40. The predicted molar refractivity (Wildman–Crippen MR) is 68.6 cm³/mol. The first-order valence-corrected chi connectivity index (χ1v) is 7.08. The van der Waals surface area contributed by atoms with E-state index < -0.39 is 74.6 Å². The van der Waals surface area contributed by atoms with Crippen molar-refractivity contribution < 1.29 is 55.1 Å². The molecule has 0 aromatic rings. The fourth-order valence-electron chi connectivity index (χ4n) is 2.49. The average molecular weight is 342 g/mol. The van der Waals surface area contributed by atoms with E-state index in [9.17, 15) is 30.6 Å². The summed E-state index contributed by atoms with van der Waals surface area (Å²) >= 11 is 0. The van der Waals surface area contributed by atoms with Crippen LogP contribution < -0.4 is 0 Å². The summed E-state index contributed by atoms with van der Waals surface area (Å²) in [7, 11) is 0. The first-order valence-electron chi connectivity index (χ1n) is 7.08. The molecule has 11 nitrogen and oxygen atoms in total. The Morgan fingerprint density at radius 1 is 0.565 bits per heavy atom. The van der Waals surface area contributed by atoms with E-state index in [2.05, 4.69) is 0 Å². The quantitative estimate of drug-likeness (QED) is 0.243. The minimum Gasteiger partial charge on any atom is -0.394 e. The van der Waals surface area contributed by atoms with Crippen LogP contribution in [0.4, 0.5) is 0 Å². The summed E-state index contributed by atoms with van der Waals surface area (Å²) in [5.74, 6) is 0. The highest BCUT2D eigenvalue weighted by Crippen LogP contribution is 2.27. The molecule has 11 heteroatoms. The van der Waals surface area contributed by atoms with E-state index in [1.54, 1.807) is 0 Å². The standard InChI is InChI=1S/C12H22O11/c13-1-3-5(15)7(17)9(19)11(21-3)23-12-10(20)8(18)6(16)4(2-14)22-12/h3-20H,1-2H2/t3-,4-,5-,6-,7+,8+,9-,10-,11+,12?/m1/s1. The summed E-state index contributed by atoms with van der Waals surface area (Å²) in [5.41, 5.74) is 0. The third kappa shape index (κ3) is 3.65. The summed E-state index contributed by atoms with van der Waals surface area (Å²) < 4.78 is 15.3. The van der Waals surface area contributed by atoms with Crippen molar-refractivity contribution in [3.63, 3.8) is 0 Å². The highest BCUT2D eigenvalue weighted by atomic mass is 16.8. The Morgan fingerprint density at radius 2 is 0.913 bits per heavy atom. The number of hydrogen-bond acceptors (Lipinski definition) is 11. The van der Waals surface area contributed by atoms with Crippen molar-refractivity contribution in [3.05, 3.63) is 0 Å². The summed E-state index contributed by atoms with van der Waals surface area (Å²) in [5, 5.41) is 76.4. The molecular formula is C12H22O11. The summed E-state index contributed by atoms with van der Waals surface area (Å²) in [4.78, 5) is 0. The Kier molecular flexibility index (Phi) is 6.27. The van der Waals surface area contributed by atoms with Crippen LogP contribution in [0.2, 0.25) is 0 Å². The van der Waals surface area contributed by atoms with Gasteiger partial charge in [0.2, 0.25) is 0 Å². The Labute approximate surface area is 130 Å². The van der Waals surface area contributed by atoms with E-state index in [1.807, 2.05) is 0 Å². The van der Waals surface area contributed by atoms with E-state index in [0.29, 0.717) is 0 Å². The van der Waals surface area contributed by atoms with Crippen molar-refractivity contribution in [1.29, 1.82) is 0 Å². The summed E-state index contributed by atoms with van der Waals surface area (Å²) in [6.45, 7) is -1.33. The molecule has 0 bridgehead atoms. The number of aliphatic hydroxyl groups is 8. The molecule has 0 amide bonds. The van der Waals surface area contributed by atoms with Crippen LogP contribution >= 0.6 is 0 Å². The van der Waals surface area contributed by atoms with E-state index in [-0.39, 0.29) is 0 Å². The van der Waals surface area contributed by atoms with E-state index in [4.69, 9.17) is 24.4 Å². The largest absolute Gasteiger partial charge is 0.394 e. The van der Waals surface area contributed by atoms with Gasteiger partial charge in [-0.3, -0.25) is 0 Å². The number of ether oxygens (including phenoxy) is 3. The molecule has 136 valence electrons. The second-order valence-electron chi connectivity index (χ2n) is 5.53. The van der Waals surface area contributed by atoms with Crippen molar-refractivity contribution in [2.24, 2.45) is 0 Å². The van der Waals surface area contributed by atoms with Gasteiger partial charge < -0.3 is 55.1 Å². The first kappa shape index (κ1) is 18.9. The molecule has 2 rings (SSSR count). The molecule has 2 aliphatic heterocycles. The van der Waals surface area contributed by atoms with Gasteiger partial charge in [-0.1, -0.05) is 0 Å². The van der Waals surface area contributed by atoms with Gasteiger partial charge in [-0.25, -0.2) is 0 Å². The molecule has 10 atom stereocenters. The van der Waals surface area contributed by atoms with Gasteiger partial charge in [-0.2, -0.15) is 0 Å². The minimum absolute atomic E-state index is 0.667. The van der Waals surface area contributed by atoms with Crippen molar-refractivity contribution in [3.8, 4) is 0 Å². The zero-order valence-corrected chi connectivity index (χ0v) is 12.0. The van der Waals surface area contributed by atoms with Crippen molar-refractivity contribution >= 4 is 0 Å². The van der Waals surface area contributed by atoms with Crippen LogP contribution in [0, 0.1) is 0 Å². The SMILES string of the molecule is OC[C@H]1O[C@@H](OC2O[C@H](CO)[C@@H](O)[C@H](O)[C@H]2O)[C@H](O)[C@@H](O)[C@@H]1O. The molecular weight excluding hydrogens is 320 g/mol. The second kappa shape index (κ2) is 7.63. The van der Waals surface area contributed by atoms with Crippen LogP contribution in [-0.2, 0) is 14.2 Å².